The molecule has 0 amide bonds. The zero-order valence-electron chi connectivity index (χ0n) is 15.3. The second-order valence-corrected chi connectivity index (χ2v) is 7.46. The Labute approximate surface area is 161 Å². The Balaban J connectivity index is 1.33. The number of ether oxygens (including phenoxy) is 1. The third-order valence-electron chi connectivity index (χ3n) is 5.74. The molecule has 1 aliphatic heterocycles. The lowest BCUT2D eigenvalue weighted by Gasteiger charge is -2.31. The molecule has 3 aromatic rings. The quantitative estimate of drug-likeness (QED) is 0.748. The monoisotopic (exact) mass is 381 g/mol. The highest BCUT2D eigenvalue weighted by Crippen LogP contribution is 2.40. The predicted molar refractivity (Wildman–Crippen MR) is 100 cm³/mol. The summed E-state index contributed by atoms with van der Waals surface area (Å²) in [5, 5.41) is 18.6. The number of piperidine rings is 1. The van der Waals surface area contributed by atoms with E-state index in [4.69, 9.17) is 4.74 Å². The summed E-state index contributed by atoms with van der Waals surface area (Å²) in [4.78, 5) is 6.06. The van der Waals surface area contributed by atoms with Crippen LogP contribution < -0.4 is 4.74 Å². The summed E-state index contributed by atoms with van der Waals surface area (Å²) in [6.07, 6.45) is 4.48. The lowest BCUT2D eigenvalue weighted by atomic mass is 10.1. The van der Waals surface area contributed by atoms with Gasteiger partial charge in [0.2, 0.25) is 5.88 Å². The van der Waals surface area contributed by atoms with Gasteiger partial charge in [0.25, 0.3) is 0 Å². The van der Waals surface area contributed by atoms with Gasteiger partial charge in [-0.25, -0.2) is 9.37 Å². The second kappa shape index (κ2) is 6.56. The maximum Gasteiger partial charge on any atom is 0.233 e. The van der Waals surface area contributed by atoms with E-state index in [1.807, 2.05) is 13.1 Å². The van der Waals surface area contributed by atoms with Crippen LogP contribution in [0.3, 0.4) is 0 Å². The van der Waals surface area contributed by atoms with E-state index in [1.54, 1.807) is 47.6 Å². The van der Waals surface area contributed by atoms with E-state index >= 15 is 0 Å². The van der Waals surface area contributed by atoms with Crippen LogP contribution in [0, 0.1) is 5.92 Å². The molecule has 8 heteroatoms. The highest BCUT2D eigenvalue weighted by molar-refractivity contribution is 5.68. The molecule has 3 heterocycles. The first-order chi connectivity index (χ1) is 13.6. The summed E-state index contributed by atoms with van der Waals surface area (Å²) in [7, 11) is 1.95. The maximum absolute atomic E-state index is 14.5. The number of imidazole rings is 1. The number of phenols is 1. The lowest BCUT2D eigenvalue weighted by Crippen LogP contribution is -2.46. The molecule has 2 aromatic heterocycles. The summed E-state index contributed by atoms with van der Waals surface area (Å²) >= 11 is 0. The molecule has 2 aliphatic rings. The van der Waals surface area contributed by atoms with Crippen molar-refractivity contribution < 1.29 is 14.2 Å². The summed E-state index contributed by atoms with van der Waals surface area (Å²) in [5.41, 5.74) is 1.88. The van der Waals surface area contributed by atoms with Gasteiger partial charge in [-0.1, -0.05) is 0 Å². The van der Waals surface area contributed by atoms with Crippen LogP contribution in [0.15, 0.2) is 49.1 Å². The average Bonchev–Trinajstić information content (AvgIpc) is 3.41. The molecule has 0 radical (unpaired) electrons. The van der Waals surface area contributed by atoms with Crippen LogP contribution in [0.4, 0.5) is 4.39 Å². The van der Waals surface area contributed by atoms with Crippen molar-refractivity contribution in [2.24, 2.45) is 5.92 Å². The molecule has 0 spiro atoms. The number of alkyl halides is 1. The average molecular weight is 381 g/mol. The van der Waals surface area contributed by atoms with Crippen LogP contribution in [0.25, 0.3) is 16.9 Å². The van der Waals surface area contributed by atoms with Gasteiger partial charge in [0.05, 0.1) is 17.7 Å². The van der Waals surface area contributed by atoms with Crippen LogP contribution >= 0.6 is 0 Å². The first-order valence-electron chi connectivity index (χ1n) is 9.26. The van der Waals surface area contributed by atoms with Crippen molar-refractivity contribution in [3.05, 3.63) is 49.1 Å². The Bertz CT molecular complexity index is 977. The fourth-order valence-electron chi connectivity index (χ4n) is 4.30. The third-order valence-corrected chi connectivity index (χ3v) is 5.74. The van der Waals surface area contributed by atoms with Gasteiger partial charge in [0.15, 0.2) is 6.17 Å². The Kier molecular flexibility index (Phi) is 4.01. The molecule has 4 atom stereocenters. The number of benzene rings is 1. The minimum atomic E-state index is -1.01. The first kappa shape index (κ1) is 17.1. The van der Waals surface area contributed by atoms with Gasteiger partial charge in [-0.15, -0.1) is 10.2 Å². The van der Waals surface area contributed by atoms with Crippen molar-refractivity contribution >= 4 is 0 Å². The molecule has 1 aromatic carbocycles. The van der Waals surface area contributed by atoms with E-state index in [1.165, 1.54) is 0 Å². The number of aromatic hydroxyl groups is 1. The van der Waals surface area contributed by atoms with Gasteiger partial charge in [0.1, 0.15) is 11.9 Å². The second-order valence-electron chi connectivity index (χ2n) is 7.46. The Hall–Kier alpha value is -3.00. The third kappa shape index (κ3) is 2.80. The van der Waals surface area contributed by atoms with Gasteiger partial charge < -0.3 is 14.4 Å². The van der Waals surface area contributed by atoms with Crippen molar-refractivity contribution in [2.75, 3.05) is 13.6 Å². The molecule has 0 unspecified atom stereocenters. The standard InChI is InChI=1S/C20H20FN5O2/c1-25-10-12-8-16(25)19(21)20(12)28-18-5-4-15(23-24-18)14-3-2-13(9-17(14)27)26-7-6-22-11-26/h2-7,9,11-12,16,19-20,27H,8,10H2,1H3/t12-,16-,19-,20-/m0/s1. The predicted octanol–water partition coefficient (Wildman–Crippen LogP) is 2.45. The lowest BCUT2D eigenvalue weighted by molar-refractivity contribution is 0.0220. The SMILES string of the molecule is CN1C[C@@H]2C[C@H]1[C@H](F)[C@H]2Oc1ccc(-c2ccc(-n3ccnc3)cc2O)nn1. The molecule has 1 N–H and O–H groups in total. The molecule has 7 nitrogen and oxygen atoms in total. The van der Waals surface area contributed by atoms with E-state index < -0.39 is 12.3 Å². The molecule has 5 rings (SSSR count). The zero-order valence-corrected chi connectivity index (χ0v) is 15.3. The number of fused-ring (bicyclic) bond motifs is 2. The Morgan fingerprint density at radius 2 is 2.11 bits per heavy atom. The highest BCUT2D eigenvalue weighted by Gasteiger charge is 2.52. The molecule has 1 saturated carbocycles. The van der Waals surface area contributed by atoms with Gasteiger partial charge >= 0.3 is 0 Å². The van der Waals surface area contributed by atoms with E-state index in [0.717, 1.165) is 18.7 Å². The number of aromatic nitrogens is 4. The Morgan fingerprint density at radius 1 is 1.21 bits per heavy atom. The normalized spacial score (nSPS) is 26.6. The van der Waals surface area contributed by atoms with Gasteiger partial charge in [0, 0.05) is 48.6 Å². The van der Waals surface area contributed by atoms with Crippen LogP contribution in [-0.2, 0) is 0 Å². The number of phenolic OH excluding ortho intramolecular Hbond substituents is 1. The first-order valence-corrected chi connectivity index (χ1v) is 9.26. The molecular formula is C20H20FN5O2. The van der Waals surface area contributed by atoms with E-state index in [0.29, 0.717) is 17.1 Å². The topological polar surface area (TPSA) is 76.3 Å². The van der Waals surface area contributed by atoms with Gasteiger partial charge in [-0.05, 0) is 31.7 Å². The molecule has 1 saturated heterocycles. The van der Waals surface area contributed by atoms with Crippen molar-refractivity contribution in [3.63, 3.8) is 0 Å². The Morgan fingerprint density at radius 3 is 2.75 bits per heavy atom. The molecular weight excluding hydrogens is 361 g/mol. The maximum atomic E-state index is 14.5. The summed E-state index contributed by atoms with van der Waals surface area (Å²) in [5.74, 6) is 0.585. The number of hydrogen-bond acceptors (Lipinski definition) is 6. The van der Waals surface area contributed by atoms with Gasteiger partial charge in [-0.2, -0.15) is 0 Å². The number of nitrogens with zero attached hydrogens (tertiary/aromatic N) is 5. The minimum absolute atomic E-state index is 0.0619. The highest BCUT2D eigenvalue weighted by atomic mass is 19.1. The van der Waals surface area contributed by atoms with Crippen LogP contribution in [0.1, 0.15) is 6.42 Å². The molecule has 144 valence electrons. The van der Waals surface area contributed by atoms with Crippen molar-refractivity contribution in [1.29, 1.82) is 0 Å². The fourth-order valence-corrected chi connectivity index (χ4v) is 4.30. The van der Waals surface area contributed by atoms with Crippen molar-refractivity contribution in [1.82, 2.24) is 24.6 Å². The smallest absolute Gasteiger partial charge is 0.233 e. The largest absolute Gasteiger partial charge is 0.507 e. The molecule has 2 fully saturated rings. The minimum Gasteiger partial charge on any atom is -0.507 e. The summed E-state index contributed by atoms with van der Waals surface area (Å²) < 4.78 is 22.1. The summed E-state index contributed by atoms with van der Waals surface area (Å²) in [6, 6.07) is 8.62. The van der Waals surface area contributed by atoms with E-state index in [-0.39, 0.29) is 17.7 Å². The zero-order chi connectivity index (χ0) is 19.3. The molecule has 28 heavy (non-hydrogen) atoms. The van der Waals surface area contributed by atoms with Crippen molar-refractivity contribution in [3.8, 4) is 28.6 Å². The number of hydrogen-bond donors (Lipinski definition) is 1. The van der Waals surface area contributed by atoms with Crippen LogP contribution in [0.5, 0.6) is 11.6 Å². The number of halogens is 1. The number of rotatable bonds is 4. The van der Waals surface area contributed by atoms with E-state index in [9.17, 15) is 9.50 Å². The molecule has 1 aliphatic carbocycles. The van der Waals surface area contributed by atoms with E-state index in [2.05, 4.69) is 20.1 Å². The molecule has 2 bridgehead atoms. The number of likely N-dealkylation sites (tertiary alicyclic amines) is 1. The van der Waals surface area contributed by atoms with Crippen LogP contribution in [-0.4, -0.2) is 61.7 Å². The fraction of sp³-hybridized carbons (Fsp3) is 0.350. The summed E-state index contributed by atoms with van der Waals surface area (Å²) in [6.45, 7) is 0.846. The van der Waals surface area contributed by atoms with Crippen molar-refractivity contribution in [2.45, 2.75) is 24.7 Å². The van der Waals surface area contributed by atoms with Crippen LogP contribution in [0.2, 0.25) is 0 Å². The van der Waals surface area contributed by atoms with Gasteiger partial charge in [-0.3, -0.25) is 4.90 Å².